The van der Waals surface area contributed by atoms with E-state index in [1.807, 2.05) is 26.0 Å². The molecule has 0 heterocycles. The SMILES string of the molecule is CC(C)(N)C#Cc1cccc(C#N)c1. The first-order chi connectivity index (χ1) is 6.51. The second kappa shape index (κ2) is 3.96. The number of rotatable bonds is 0. The minimum atomic E-state index is -0.497. The Labute approximate surface area is 84.4 Å². The van der Waals surface area contributed by atoms with E-state index in [2.05, 4.69) is 17.9 Å². The molecule has 0 aliphatic carbocycles. The molecule has 1 rings (SSSR count). The van der Waals surface area contributed by atoms with Gasteiger partial charge >= 0.3 is 0 Å². The van der Waals surface area contributed by atoms with E-state index in [-0.39, 0.29) is 0 Å². The third-order valence-corrected chi connectivity index (χ3v) is 1.52. The van der Waals surface area contributed by atoms with Gasteiger partial charge in [-0.2, -0.15) is 5.26 Å². The van der Waals surface area contributed by atoms with Crippen LogP contribution < -0.4 is 5.73 Å². The second-order valence-electron chi connectivity index (χ2n) is 3.66. The molecule has 0 radical (unpaired) electrons. The van der Waals surface area contributed by atoms with E-state index < -0.39 is 5.54 Å². The lowest BCUT2D eigenvalue weighted by Gasteiger charge is -2.07. The molecule has 14 heavy (non-hydrogen) atoms. The summed E-state index contributed by atoms with van der Waals surface area (Å²) >= 11 is 0. The third kappa shape index (κ3) is 3.31. The standard InChI is InChI=1S/C12H12N2/c1-12(2,14)7-6-10-4-3-5-11(8-10)9-13/h3-5,8H,14H2,1-2H3. The molecule has 0 atom stereocenters. The van der Waals surface area contributed by atoms with Crippen molar-refractivity contribution < 1.29 is 0 Å². The molecule has 0 bridgehead atoms. The van der Waals surface area contributed by atoms with Gasteiger partial charge < -0.3 is 5.73 Å². The lowest BCUT2D eigenvalue weighted by atomic mass is 10.1. The van der Waals surface area contributed by atoms with Crippen molar-refractivity contribution in [2.45, 2.75) is 19.4 Å². The van der Waals surface area contributed by atoms with Crippen LogP contribution in [0.15, 0.2) is 24.3 Å². The molecule has 1 aromatic rings. The summed E-state index contributed by atoms with van der Waals surface area (Å²) < 4.78 is 0. The van der Waals surface area contributed by atoms with Crippen molar-refractivity contribution in [2.24, 2.45) is 5.73 Å². The van der Waals surface area contributed by atoms with Gasteiger partial charge in [-0.25, -0.2) is 0 Å². The van der Waals surface area contributed by atoms with Crippen molar-refractivity contribution in [1.29, 1.82) is 5.26 Å². The van der Waals surface area contributed by atoms with E-state index in [0.717, 1.165) is 5.56 Å². The molecule has 1 aromatic carbocycles. The molecule has 0 aliphatic rings. The molecule has 0 fully saturated rings. The minimum absolute atomic E-state index is 0.497. The summed E-state index contributed by atoms with van der Waals surface area (Å²) in [5.74, 6) is 5.84. The molecule has 0 saturated carbocycles. The van der Waals surface area contributed by atoms with Crippen molar-refractivity contribution in [2.75, 3.05) is 0 Å². The summed E-state index contributed by atoms with van der Waals surface area (Å²) in [5.41, 5.74) is 6.66. The first-order valence-electron chi connectivity index (χ1n) is 4.33. The molecular weight excluding hydrogens is 172 g/mol. The smallest absolute Gasteiger partial charge is 0.0992 e. The highest BCUT2D eigenvalue weighted by Gasteiger charge is 2.03. The highest BCUT2D eigenvalue weighted by atomic mass is 14.7. The molecule has 2 heteroatoms. The number of nitriles is 1. The van der Waals surface area contributed by atoms with Crippen molar-refractivity contribution in [1.82, 2.24) is 0 Å². The van der Waals surface area contributed by atoms with E-state index in [4.69, 9.17) is 11.0 Å². The maximum atomic E-state index is 8.67. The van der Waals surface area contributed by atoms with E-state index in [1.54, 1.807) is 12.1 Å². The monoisotopic (exact) mass is 184 g/mol. The van der Waals surface area contributed by atoms with Gasteiger partial charge in [-0.3, -0.25) is 0 Å². The number of benzene rings is 1. The Hall–Kier alpha value is -1.77. The molecule has 0 aromatic heterocycles. The lowest BCUT2D eigenvalue weighted by Crippen LogP contribution is -2.29. The molecule has 0 unspecified atom stereocenters. The van der Waals surface area contributed by atoms with E-state index >= 15 is 0 Å². The summed E-state index contributed by atoms with van der Waals surface area (Å²) in [6.45, 7) is 3.68. The van der Waals surface area contributed by atoms with Crippen LogP contribution in [-0.4, -0.2) is 5.54 Å². The molecule has 70 valence electrons. The zero-order chi connectivity index (χ0) is 10.6. The number of nitrogens with zero attached hydrogens (tertiary/aromatic N) is 1. The van der Waals surface area contributed by atoms with Crippen molar-refractivity contribution in [3.8, 4) is 17.9 Å². The van der Waals surface area contributed by atoms with E-state index in [0.29, 0.717) is 5.56 Å². The Bertz CT molecular complexity index is 422. The molecule has 2 nitrogen and oxygen atoms in total. The Kier molecular flexibility index (Phi) is 2.92. The van der Waals surface area contributed by atoms with Gasteiger partial charge in [0.2, 0.25) is 0 Å². The maximum Gasteiger partial charge on any atom is 0.0992 e. The van der Waals surface area contributed by atoms with Gasteiger partial charge in [0.15, 0.2) is 0 Å². The Morgan fingerprint density at radius 1 is 1.29 bits per heavy atom. The molecule has 2 N–H and O–H groups in total. The third-order valence-electron chi connectivity index (χ3n) is 1.52. The zero-order valence-electron chi connectivity index (χ0n) is 8.33. The van der Waals surface area contributed by atoms with Crippen molar-refractivity contribution in [3.63, 3.8) is 0 Å². The van der Waals surface area contributed by atoms with Crippen LogP contribution >= 0.6 is 0 Å². The van der Waals surface area contributed by atoms with Crippen LogP contribution in [0, 0.1) is 23.2 Å². The largest absolute Gasteiger partial charge is 0.316 e. The van der Waals surface area contributed by atoms with Crippen molar-refractivity contribution >= 4 is 0 Å². The van der Waals surface area contributed by atoms with Crippen LogP contribution in [0.3, 0.4) is 0 Å². The lowest BCUT2D eigenvalue weighted by molar-refractivity contribution is 0.680. The van der Waals surface area contributed by atoms with Crippen LogP contribution in [-0.2, 0) is 0 Å². The second-order valence-corrected chi connectivity index (χ2v) is 3.66. The van der Waals surface area contributed by atoms with Crippen LogP contribution in [0.1, 0.15) is 25.0 Å². The van der Waals surface area contributed by atoms with Gasteiger partial charge in [-0.15, -0.1) is 0 Å². The first-order valence-corrected chi connectivity index (χ1v) is 4.33. The summed E-state index contributed by atoms with van der Waals surface area (Å²) in [5, 5.41) is 8.67. The molecule has 0 saturated heterocycles. The van der Waals surface area contributed by atoms with Gasteiger partial charge in [-0.05, 0) is 32.0 Å². The highest BCUT2D eigenvalue weighted by Crippen LogP contribution is 2.03. The fraction of sp³-hybridized carbons (Fsp3) is 0.250. The predicted octanol–water partition coefficient (Wildman–Crippen LogP) is 1.65. The number of nitrogens with two attached hydrogens (primary N) is 1. The summed E-state index contributed by atoms with van der Waals surface area (Å²) in [6, 6.07) is 9.24. The average Bonchev–Trinajstić information content (AvgIpc) is 2.14. The van der Waals surface area contributed by atoms with E-state index in [9.17, 15) is 0 Å². The zero-order valence-corrected chi connectivity index (χ0v) is 8.33. The molecule has 0 spiro atoms. The van der Waals surface area contributed by atoms with Gasteiger partial charge in [0.25, 0.3) is 0 Å². The Morgan fingerprint density at radius 3 is 2.50 bits per heavy atom. The quantitative estimate of drug-likeness (QED) is 0.623. The van der Waals surface area contributed by atoms with Gasteiger partial charge in [-0.1, -0.05) is 17.9 Å². The van der Waals surface area contributed by atoms with Crippen molar-refractivity contribution in [3.05, 3.63) is 35.4 Å². The normalized spacial score (nSPS) is 9.86. The number of hydrogen-bond donors (Lipinski definition) is 1. The van der Waals surface area contributed by atoms with Gasteiger partial charge in [0, 0.05) is 5.56 Å². The van der Waals surface area contributed by atoms with Crippen LogP contribution in [0.25, 0.3) is 0 Å². The molecule has 0 amide bonds. The number of hydrogen-bond acceptors (Lipinski definition) is 2. The summed E-state index contributed by atoms with van der Waals surface area (Å²) in [7, 11) is 0. The fourth-order valence-electron chi connectivity index (χ4n) is 0.900. The molecular formula is C12H12N2. The van der Waals surface area contributed by atoms with Crippen LogP contribution in [0.4, 0.5) is 0 Å². The van der Waals surface area contributed by atoms with Crippen LogP contribution in [0.5, 0.6) is 0 Å². The van der Waals surface area contributed by atoms with Gasteiger partial charge in [0.05, 0.1) is 17.2 Å². The molecule has 0 aliphatic heterocycles. The van der Waals surface area contributed by atoms with E-state index in [1.165, 1.54) is 0 Å². The highest BCUT2D eigenvalue weighted by molar-refractivity contribution is 5.42. The predicted molar refractivity (Wildman–Crippen MR) is 56.3 cm³/mol. The Morgan fingerprint density at radius 2 is 1.93 bits per heavy atom. The minimum Gasteiger partial charge on any atom is -0.316 e. The summed E-state index contributed by atoms with van der Waals surface area (Å²) in [6.07, 6.45) is 0. The topological polar surface area (TPSA) is 49.8 Å². The Balaban J connectivity index is 2.98. The fourth-order valence-corrected chi connectivity index (χ4v) is 0.900. The first kappa shape index (κ1) is 10.3. The van der Waals surface area contributed by atoms with Gasteiger partial charge in [0.1, 0.15) is 0 Å². The maximum absolute atomic E-state index is 8.67. The average molecular weight is 184 g/mol. The summed E-state index contributed by atoms with van der Waals surface area (Å²) in [4.78, 5) is 0. The van der Waals surface area contributed by atoms with Crippen LogP contribution in [0.2, 0.25) is 0 Å².